The number of rotatable bonds is 4. The van der Waals surface area contributed by atoms with E-state index in [2.05, 4.69) is 34.1 Å². The van der Waals surface area contributed by atoms with E-state index < -0.39 is 0 Å². The minimum Gasteiger partial charge on any atom is -0.352 e. The molecular formula is C22H28N2OS. The van der Waals surface area contributed by atoms with Gasteiger partial charge in [0.2, 0.25) is 0 Å². The predicted molar refractivity (Wildman–Crippen MR) is 111 cm³/mol. The largest absolute Gasteiger partial charge is 0.352 e. The molecule has 0 bridgehead atoms. The Morgan fingerprint density at radius 1 is 1.00 bits per heavy atom. The van der Waals surface area contributed by atoms with Gasteiger partial charge in [0, 0.05) is 18.2 Å². The molecule has 26 heavy (non-hydrogen) atoms. The van der Waals surface area contributed by atoms with Crippen LogP contribution in [0.3, 0.4) is 0 Å². The number of hydrogen-bond acceptors (Lipinski definition) is 3. The number of fused-ring (bicyclic) bond motifs is 1. The molecule has 0 radical (unpaired) electrons. The van der Waals surface area contributed by atoms with Crippen LogP contribution in [0.15, 0.2) is 42.5 Å². The molecule has 4 heteroatoms. The second kappa shape index (κ2) is 8.45. The molecule has 1 N–H and O–H groups in total. The molecule has 2 heterocycles. The second-order valence-electron chi connectivity index (χ2n) is 7.56. The zero-order valence-corrected chi connectivity index (χ0v) is 16.1. The van der Waals surface area contributed by atoms with E-state index in [0.29, 0.717) is 5.92 Å². The lowest BCUT2D eigenvalue weighted by Gasteiger charge is -2.39. The molecule has 2 aliphatic rings. The van der Waals surface area contributed by atoms with E-state index >= 15 is 0 Å². The van der Waals surface area contributed by atoms with Crippen LogP contribution in [-0.2, 0) is 0 Å². The number of likely N-dealkylation sites (tertiary alicyclic amines) is 1. The van der Waals surface area contributed by atoms with Crippen molar-refractivity contribution >= 4 is 28.4 Å². The maximum atomic E-state index is 12.7. The molecule has 1 amide bonds. The van der Waals surface area contributed by atoms with Crippen molar-refractivity contribution in [2.24, 2.45) is 5.92 Å². The summed E-state index contributed by atoms with van der Waals surface area (Å²) >= 11 is 2.10. The number of nitrogens with one attached hydrogen (secondary N) is 1. The van der Waals surface area contributed by atoms with Gasteiger partial charge in [-0.05, 0) is 73.0 Å². The zero-order valence-electron chi connectivity index (χ0n) is 15.3. The van der Waals surface area contributed by atoms with Crippen LogP contribution in [0.25, 0.3) is 10.8 Å². The van der Waals surface area contributed by atoms with Crippen molar-refractivity contribution in [3.8, 4) is 0 Å². The summed E-state index contributed by atoms with van der Waals surface area (Å²) in [4.78, 5) is 15.4. The number of amides is 1. The maximum absolute atomic E-state index is 12.7. The molecule has 2 aromatic rings. The fraction of sp³-hybridized carbons (Fsp3) is 0.500. The summed E-state index contributed by atoms with van der Waals surface area (Å²) in [7, 11) is 0. The highest BCUT2D eigenvalue weighted by Crippen LogP contribution is 2.26. The third-order valence-electron chi connectivity index (χ3n) is 5.94. The first-order chi connectivity index (χ1) is 12.8. The second-order valence-corrected chi connectivity index (χ2v) is 8.78. The van der Waals surface area contributed by atoms with Crippen molar-refractivity contribution < 1.29 is 4.79 Å². The average Bonchev–Trinajstić information content (AvgIpc) is 2.72. The Labute approximate surface area is 160 Å². The Kier molecular flexibility index (Phi) is 5.81. The molecule has 138 valence electrons. The topological polar surface area (TPSA) is 32.3 Å². The van der Waals surface area contributed by atoms with Crippen molar-refractivity contribution in [1.29, 1.82) is 0 Å². The van der Waals surface area contributed by atoms with Gasteiger partial charge in [-0.25, -0.2) is 0 Å². The van der Waals surface area contributed by atoms with Crippen LogP contribution in [0.5, 0.6) is 0 Å². The quantitative estimate of drug-likeness (QED) is 0.879. The van der Waals surface area contributed by atoms with Crippen LogP contribution >= 0.6 is 11.8 Å². The van der Waals surface area contributed by atoms with E-state index in [9.17, 15) is 4.79 Å². The van der Waals surface area contributed by atoms with Gasteiger partial charge in [0.05, 0.1) is 0 Å². The number of benzene rings is 2. The van der Waals surface area contributed by atoms with E-state index in [-0.39, 0.29) is 5.91 Å². The molecule has 2 saturated heterocycles. The van der Waals surface area contributed by atoms with Gasteiger partial charge in [-0.15, -0.1) is 0 Å². The summed E-state index contributed by atoms with van der Waals surface area (Å²) in [6.45, 7) is 3.20. The first-order valence-electron chi connectivity index (χ1n) is 9.89. The van der Waals surface area contributed by atoms with Crippen LogP contribution in [0.4, 0.5) is 0 Å². The number of carbonyl (C=O) groups is 1. The van der Waals surface area contributed by atoms with Gasteiger partial charge in [0.1, 0.15) is 0 Å². The molecule has 0 saturated carbocycles. The Hall–Kier alpha value is -1.52. The van der Waals surface area contributed by atoms with Crippen molar-refractivity contribution in [2.75, 3.05) is 31.1 Å². The fourth-order valence-corrected chi connectivity index (χ4v) is 5.41. The summed E-state index contributed by atoms with van der Waals surface area (Å²) in [6.07, 6.45) is 5.12. The Morgan fingerprint density at radius 3 is 2.54 bits per heavy atom. The van der Waals surface area contributed by atoms with Crippen molar-refractivity contribution in [2.45, 2.75) is 31.7 Å². The Bertz CT molecular complexity index is 743. The molecular weight excluding hydrogens is 340 g/mol. The third-order valence-corrected chi connectivity index (χ3v) is 6.99. The lowest BCUT2D eigenvalue weighted by Crippen LogP contribution is -2.45. The van der Waals surface area contributed by atoms with Gasteiger partial charge in [-0.2, -0.15) is 11.8 Å². The first-order valence-corrected chi connectivity index (χ1v) is 11.0. The fourth-order valence-electron chi connectivity index (χ4n) is 4.33. The van der Waals surface area contributed by atoms with E-state index in [4.69, 9.17) is 0 Å². The number of nitrogens with zero attached hydrogens (tertiary/aromatic N) is 1. The van der Waals surface area contributed by atoms with E-state index in [1.807, 2.05) is 30.3 Å². The highest BCUT2D eigenvalue weighted by molar-refractivity contribution is 7.99. The van der Waals surface area contributed by atoms with Crippen LogP contribution in [0, 0.1) is 5.92 Å². The summed E-state index contributed by atoms with van der Waals surface area (Å²) in [5.41, 5.74) is 0.792. The maximum Gasteiger partial charge on any atom is 0.251 e. The molecule has 0 unspecified atom stereocenters. The molecule has 0 aromatic heterocycles. The van der Waals surface area contributed by atoms with Crippen molar-refractivity contribution in [1.82, 2.24) is 10.2 Å². The normalized spacial score (nSPS) is 20.3. The van der Waals surface area contributed by atoms with Crippen LogP contribution < -0.4 is 5.32 Å². The predicted octanol–water partition coefficient (Wildman–Crippen LogP) is 4.18. The molecule has 2 aliphatic heterocycles. The molecule has 3 nitrogen and oxygen atoms in total. The molecule has 0 spiro atoms. The summed E-state index contributed by atoms with van der Waals surface area (Å²) in [5, 5.41) is 5.36. The highest BCUT2D eigenvalue weighted by Gasteiger charge is 2.26. The average molecular weight is 369 g/mol. The number of carbonyl (C=O) groups excluding carboxylic acids is 1. The van der Waals surface area contributed by atoms with Crippen molar-refractivity contribution in [3.05, 3.63) is 48.0 Å². The van der Waals surface area contributed by atoms with Gasteiger partial charge in [-0.3, -0.25) is 4.79 Å². The molecule has 0 aliphatic carbocycles. The standard InChI is InChI=1S/C22H28N2OS/c25-22(21-7-3-5-18-4-1-2-6-20(18)21)23-16-17-8-12-24(13-9-17)19-10-14-26-15-11-19/h1-7,17,19H,8-16H2,(H,23,25). The van der Waals surface area contributed by atoms with Gasteiger partial charge >= 0.3 is 0 Å². The minimum absolute atomic E-state index is 0.0635. The van der Waals surface area contributed by atoms with Crippen LogP contribution in [-0.4, -0.2) is 48.0 Å². The van der Waals surface area contributed by atoms with Gasteiger partial charge in [0.25, 0.3) is 5.91 Å². The Balaban J connectivity index is 1.30. The van der Waals surface area contributed by atoms with Gasteiger partial charge < -0.3 is 10.2 Å². The number of hydrogen-bond donors (Lipinski definition) is 1. The number of piperidine rings is 1. The lowest BCUT2D eigenvalue weighted by atomic mass is 9.94. The monoisotopic (exact) mass is 368 g/mol. The summed E-state index contributed by atoms with van der Waals surface area (Å²) < 4.78 is 0. The van der Waals surface area contributed by atoms with E-state index in [1.54, 1.807) is 0 Å². The smallest absolute Gasteiger partial charge is 0.251 e. The first kappa shape index (κ1) is 17.9. The highest BCUT2D eigenvalue weighted by atomic mass is 32.2. The minimum atomic E-state index is 0.0635. The summed E-state index contributed by atoms with van der Waals surface area (Å²) in [6, 6.07) is 14.9. The number of thioether (sulfide) groups is 1. The van der Waals surface area contributed by atoms with Gasteiger partial charge in [-0.1, -0.05) is 36.4 Å². The third kappa shape index (κ3) is 4.07. The molecule has 2 fully saturated rings. The SMILES string of the molecule is O=C(NCC1CCN(C2CCSCC2)CC1)c1cccc2ccccc12. The molecule has 0 atom stereocenters. The summed E-state index contributed by atoms with van der Waals surface area (Å²) in [5.74, 6) is 3.33. The van der Waals surface area contributed by atoms with Crippen molar-refractivity contribution in [3.63, 3.8) is 0 Å². The van der Waals surface area contributed by atoms with E-state index in [0.717, 1.165) is 28.9 Å². The van der Waals surface area contributed by atoms with Gasteiger partial charge in [0.15, 0.2) is 0 Å². The van der Waals surface area contributed by atoms with Crippen LogP contribution in [0.1, 0.15) is 36.0 Å². The zero-order chi connectivity index (χ0) is 17.8. The Morgan fingerprint density at radius 2 is 1.73 bits per heavy atom. The lowest BCUT2D eigenvalue weighted by molar-refractivity contribution is 0.0922. The van der Waals surface area contributed by atoms with Crippen LogP contribution in [0.2, 0.25) is 0 Å². The van der Waals surface area contributed by atoms with E-state index in [1.165, 1.54) is 50.3 Å². The molecule has 4 rings (SSSR count). The molecule has 2 aromatic carbocycles.